The number of aliphatic carboxylic acids is 1. The fraction of sp³-hybridized carbons (Fsp3) is 0.222. The lowest BCUT2D eigenvalue weighted by Gasteiger charge is -2.45. The number of fused-ring (bicyclic) bond motifs is 1. The van der Waals surface area contributed by atoms with Crippen LogP contribution in [0.15, 0.2) is 72.8 Å². The molecule has 0 bridgehead atoms. The van der Waals surface area contributed by atoms with Gasteiger partial charge in [0.15, 0.2) is 0 Å². The standard InChI is InChI=1S/C27H27NO3/c1-3-20-6-4-5-7-25(20)28-18(2)16-22-17-23(29)13-14-24(22)27(28)21-11-8-19(9-12-21)10-15-26(30)31/h4-15,17-18,27,29H,3,16H2,1-2H3,(H,30,31)/t18-,27+/m1/s1. The summed E-state index contributed by atoms with van der Waals surface area (Å²) >= 11 is 0. The molecule has 0 unspecified atom stereocenters. The van der Waals surface area contributed by atoms with Gasteiger partial charge in [-0.05, 0) is 71.9 Å². The first kappa shape index (κ1) is 20.7. The van der Waals surface area contributed by atoms with Crippen LogP contribution in [0.5, 0.6) is 5.75 Å². The summed E-state index contributed by atoms with van der Waals surface area (Å²) in [6, 6.07) is 22.5. The fourth-order valence-corrected chi connectivity index (χ4v) is 4.59. The summed E-state index contributed by atoms with van der Waals surface area (Å²) in [7, 11) is 0. The summed E-state index contributed by atoms with van der Waals surface area (Å²) in [4.78, 5) is 13.3. The summed E-state index contributed by atoms with van der Waals surface area (Å²) in [5.41, 5.74) is 6.88. The molecular weight excluding hydrogens is 386 g/mol. The van der Waals surface area contributed by atoms with Gasteiger partial charge in [0, 0.05) is 17.8 Å². The topological polar surface area (TPSA) is 60.8 Å². The number of carboxylic acid groups (broad SMARTS) is 1. The Kier molecular flexibility index (Phi) is 5.81. The summed E-state index contributed by atoms with van der Waals surface area (Å²) < 4.78 is 0. The first-order valence-electron chi connectivity index (χ1n) is 10.7. The monoisotopic (exact) mass is 413 g/mol. The fourth-order valence-electron chi connectivity index (χ4n) is 4.59. The second-order valence-corrected chi connectivity index (χ2v) is 8.07. The van der Waals surface area contributed by atoms with E-state index in [1.54, 1.807) is 12.1 Å². The van der Waals surface area contributed by atoms with Gasteiger partial charge in [0.25, 0.3) is 0 Å². The van der Waals surface area contributed by atoms with Crippen LogP contribution in [0.4, 0.5) is 5.69 Å². The minimum Gasteiger partial charge on any atom is -0.508 e. The lowest BCUT2D eigenvalue weighted by molar-refractivity contribution is -0.131. The number of rotatable bonds is 5. The first-order valence-corrected chi connectivity index (χ1v) is 10.7. The number of aryl methyl sites for hydroxylation is 1. The third-order valence-corrected chi connectivity index (χ3v) is 6.01. The van der Waals surface area contributed by atoms with Crippen molar-refractivity contribution in [2.24, 2.45) is 0 Å². The number of aromatic hydroxyl groups is 1. The first-order chi connectivity index (χ1) is 15.0. The molecule has 0 aliphatic carbocycles. The summed E-state index contributed by atoms with van der Waals surface area (Å²) in [6.07, 6.45) is 4.57. The van der Waals surface area contributed by atoms with Crippen LogP contribution in [0, 0.1) is 0 Å². The number of phenolic OH excluding ortho intramolecular Hbond substituents is 1. The highest BCUT2D eigenvalue weighted by Gasteiger charge is 2.34. The van der Waals surface area contributed by atoms with Crippen molar-refractivity contribution in [3.8, 4) is 5.75 Å². The van der Waals surface area contributed by atoms with Crippen LogP contribution < -0.4 is 4.90 Å². The summed E-state index contributed by atoms with van der Waals surface area (Å²) in [5.74, 6) is -0.664. The molecule has 158 valence electrons. The van der Waals surface area contributed by atoms with Crippen molar-refractivity contribution in [3.63, 3.8) is 0 Å². The quantitative estimate of drug-likeness (QED) is 0.535. The van der Waals surface area contributed by atoms with Gasteiger partial charge < -0.3 is 15.1 Å². The van der Waals surface area contributed by atoms with Gasteiger partial charge in [-0.1, -0.05) is 55.5 Å². The number of phenols is 1. The van der Waals surface area contributed by atoms with Crippen LogP contribution in [-0.4, -0.2) is 22.2 Å². The Hall–Kier alpha value is -3.53. The highest BCUT2D eigenvalue weighted by atomic mass is 16.4. The van der Waals surface area contributed by atoms with Gasteiger partial charge in [0.2, 0.25) is 0 Å². The van der Waals surface area contributed by atoms with E-state index in [-0.39, 0.29) is 12.1 Å². The number of carbonyl (C=O) groups is 1. The highest BCUT2D eigenvalue weighted by molar-refractivity contribution is 5.85. The molecule has 0 saturated carbocycles. The molecule has 3 aromatic rings. The molecule has 4 rings (SSSR count). The number of para-hydroxylation sites is 1. The van der Waals surface area contributed by atoms with Crippen molar-refractivity contribution in [1.82, 2.24) is 0 Å². The van der Waals surface area contributed by atoms with E-state index in [0.717, 1.165) is 35.6 Å². The van der Waals surface area contributed by atoms with Gasteiger partial charge in [-0.25, -0.2) is 4.79 Å². The number of hydrogen-bond donors (Lipinski definition) is 2. The van der Waals surface area contributed by atoms with Crippen LogP contribution >= 0.6 is 0 Å². The predicted molar refractivity (Wildman–Crippen MR) is 125 cm³/mol. The Labute approximate surface area is 183 Å². The van der Waals surface area contributed by atoms with E-state index in [2.05, 4.69) is 55.1 Å². The second-order valence-electron chi connectivity index (χ2n) is 8.07. The molecule has 0 saturated heterocycles. The number of anilines is 1. The van der Waals surface area contributed by atoms with E-state index in [9.17, 15) is 9.90 Å². The third kappa shape index (κ3) is 4.19. The van der Waals surface area contributed by atoms with Crippen LogP contribution in [0.2, 0.25) is 0 Å². The molecule has 0 amide bonds. The average Bonchev–Trinajstić information content (AvgIpc) is 2.77. The number of nitrogens with zero attached hydrogens (tertiary/aromatic N) is 1. The molecule has 0 spiro atoms. The summed E-state index contributed by atoms with van der Waals surface area (Å²) in [6.45, 7) is 4.41. The van der Waals surface area contributed by atoms with Crippen LogP contribution in [-0.2, 0) is 17.6 Å². The van der Waals surface area contributed by atoms with Gasteiger partial charge in [0.1, 0.15) is 5.75 Å². The zero-order valence-electron chi connectivity index (χ0n) is 17.8. The van der Waals surface area contributed by atoms with Crippen molar-refractivity contribution in [2.75, 3.05) is 4.90 Å². The molecule has 1 heterocycles. The Morgan fingerprint density at radius 1 is 1.10 bits per heavy atom. The zero-order chi connectivity index (χ0) is 22.0. The van der Waals surface area contributed by atoms with Gasteiger partial charge >= 0.3 is 5.97 Å². The number of benzene rings is 3. The number of carboxylic acids is 1. The minimum absolute atomic E-state index is 0.00422. The normalized spacial score (nSPS) is 18.2. The molecule has 3 aromatic carbocycles. The van der Waals surface area contributed by atoms with Gasteiger partial charge in [0.05, 0.1) is 6.04 Å². The van der Waals surface area contributed by atoms with Crippen molar-refractivity contribution >= 4 is 17.7 Å². The van der Waals surface area contributed by atoms with Gasteiger partial charge in [-0.15, -0.1) is 0 Å². The maximum absolute atomic E-state index is 10.8. The lowest BCUT2D eigenvalue weighted by atomic mass is 9.84. The predicted octanol–water partition coefficient (Wildman–Crippen LogP) is 5.59. The van der Waals surface area contributed by atoms with Crippen molar-refractivity contribution in [3.05, 3.63) is 101 Å². The molecule has 0 radical (unpaired) electrons. The smallest absolute Gasteiger partial charge is 0.328 e. The van der Waals surface area contributed by atoms with Crippen LogP contribution in [0.1, 0.15) is 47.7 Å². The van der Waals surface area contributed by atoms with E-state index in [1.165, 1.54) is 16.8 Å². The van der Waals surface area contributed by atoms with E-state index in [4.69, 9.17) is 5.11 Å². The van der Waals surface area contributed by atoms with E-state index in [1.807, 2.05) is 24.3 Å². The largest absolute Gasteiger partial charge is 0.508 e. The van der Waals surface area contributed by atoms with Crippen molar-refractivity contribution in [2.45, 2.75) is 38.8 Å². The zero-order valence-corrected chi connectivity index (χ0v) is 17.8. The molecule has 4 heteroatoms. The SMILES string of the molecule is CCc1ccccc1N1[C@@H](c2ccc(C=CC(=O)O)cc2)c2ccc(O)cc2C[C@H]1C. The number of hydrogen-bond acceptors (Lipinski definition) is 3. The van der Waals surface area contributed by atoms with Crippen molar-refractivity contribution in [1.29, 1.82) is 0 Å². The Bertz CT molecular complexity index is 1120. The van der Waals surface area contributed by atoms with E-state index >= 15 is 0 Å². The maximum Gasteiger partial charge on any atom is 0.328 e. The highest BCUT2D eigenvalue weighted by Crippen LogP contribution is 2.43. The molecule has 2 N–H and O–H groups in total. The Morgan fingerprint density at radius 3 is 2.55 bits per heavy atom. The minimum atomic E-state index is -0.957. The molecule has 2 atom stereocenters. The molecule has 1 aliphatic heterocycles. The Balaban J connectivity index is 1.84. The van der Waals surface area contributed by atoms with Gasteiger partial charge in [-0.3, -0.25) is 0 Å². The average molecular weight is 414 g/mol. The van der Waals surface area contributed by atoms with E-state index in [0.29, 0.717) is 5.75 Å². The molecule has 4 nitrogen and oxygen atoms in total. The molecule has 0 fully saturated rings. The maximum atomic E-state index is 10.8. The second kappa shape index (κ2) is 8.68. The lowest BCUT2D eigenvalue weighted by Crippen LogP contribution is -2.43. The third-order valence-electron chi connectivity index (χ3n) is 6.01. The van der Waals surface area contributed by atoms with Crippen LogP contribution in [0.25, 0.3) is 6.08 Å². The summed E-state index contributed by atoms with van der Waals surface area (Å²) in [5, 5.41) is 19.0. The van der Waals surface area contributed by atoms with Gasteiger partial charge in [-0.2, -0.15) is 0 Å². The van der Waals surface area contributed by atoms with Crippen LogP contribution in [0.3, 0.4) is 0 Å². The molecule has 0 aromatic heterocycles. The Morgan fingerprint density at radius 2 is 1.84 bits per heavy atom. The molecule has 1 aliphatic rings. The molecule has 31 heavy (non-hydrogen) atoms. The molecular formula is C27H27NO3. The van der Waals surface area contributed by atoms with Crippen molar-refractivity contribution < 1.29 is 15.0 Å². The van der Waals surface area contributed by atoms with E-state index < -0.39 is 5.97 Å².